The Balaban J connectivity index is 2.30. The highest BCUT2D eigenvalue weighted by Gasteiger charge is 2.15. The number of hydrogen-bond acceptors (Lipinski definition) is 2. The molecule has 0 radical (unpaired) electrons. The molecule has 0 spiro atoms. The molecule has 6 heteroatoms. The van der Waals surface area contributed by atoms with Crippen LogP contribution in [-0.4, -0.2) is 11.0 Å². The lowest BCUT2D eigenvalue weighted by molar-refractivity contribution is 0.102. The first-order valence-corrected chi connectivity index (χ1v) is 6.43. The van der Waals surface area contributed by atoms with Gasteiger partial charge in [-0.25, -0.2) is 8.78 Å². The fourth-order valence-electron chi connectivity index (χ4n) is 1.60. The largest absolute Gasteiger partial charge is 0.508 e. The number of halogens is 3. The molecule has 0 saturated carbocycles. The number of aromatic hydroxyl groups is 1. The van der Waals surface area contributed by atoms with Gasteiger partial charge in [0.25, 0.3) is 5.91 Å². The Kier molecular flexibility index (Phi) is 4.04. The summed E-state index contributed by atoms with van der Waals surface area (Å²) in [7, 11) is 0. The number of benzene rings is 2. The molecule has 2 rings (SSSR count). The van der Waals surface area contributed by atoms with Crippen LogP contribution in [0.15, 0.2) is 34.8 Å². The number of nitrogens with one attached hydrogen (secondary N) is 1. The molecule has 0 aromatic heterocycles. The van der Waals surface area contributed by atoms with E-state index in [1.165, 1.54) is 12.1 Å². The van der Waals surface area contributed by atoms with E-state index in [-0.39, 0.29) is 15.8 Å². The second kappa shape index (κ2) is 5.58. The Labute approximate surface area is 122 Å². The highest BCUT2D eigenvalue weighted by Crippen LogP contribution is 2.25. The number of hydrogen-bond donors (Lipinski definition) is 2. The number of anilines is 1. The van der Waals surface area contributed by atoms with Gasteiger partial charge >= 0.3 is 0 Å². The molecule has 0 aliphatic heterocycles. The Hall–Kier alpha value is -1.95. The molecule has 2 aromatic rings. The molecule has 2 N–H and O–H groups in total. The minimum Gasteiger partial charge on any atom is -0.508 e. The van der Waals surface area contributed by atoms with Crippen molar-refractivity contribution in [3.05, 3.63) is 57.6 Å². The Morgan fingerprint density at radius 3 is 2.35 bits per heavy atom. The molecule has 0 aliphatic carbocycles. The highest BCUT2D eigenvalue weighted by atomic mass is 79.9. The number of amides is 1. The summed E-state index contributed by atoms with van der Waals surface area (Å²) in [5, 5.41) is 11.7. The first kappa shape index (κ1) is 14.5. The van der Waals surface area contributed by atoms with Gasteiger partial charge in [-0.2, -0.15) is 0 Å². The molecule has 0 atom stereocenters. The number of rotatable bonds is 2. The first-order chi connectivity index (χ1) is 9.38. The van der Waals surface area contributed by atoms with Crippen molar-refractivity contribution >= 4 is 27.5 Å². The SMILES string of the molecule is Cc1ccc(C(=O)Nc2c(F)cc(Br)cc2F)cc1O. The third kappa shape index (κ3) is 2.96. The van der Waals surface area contributed by atoms with Crippen molar-refractivity contribution in [3.8, 4) is 5.75 Å². The number of phenols is 1. The monoisotopic (exact) mass is 341 g/mol. The van der Waals surface area contributed by atoms with E-state index in [1.54, 1.807) is 13.0 Å². The zero-order valence-electron chi connectivity index (χ0n) is 10.4. The van der Waals surface area contributed by atoms with Gasteiger partial charge in [-0.15, -0.1) is 0 Å². The first-order valence-electron chi connectivity index (χ1n) is 5.64. The molecule has 20 heavy (non-hydrogen) atoms. The Morgan fingerprint density at radius 2 is 1.80 bits per heavy atom. The second-order valence-electron chi connectivity index (χ2n) is 4.20. The average Bonchev–Trinajstić information content (AvgIpc) is 2.36. The van der Waals surface area contributed by atoms with E-state index in [0.29, 0.717) is 5.56 Å². The van der Waals surface area contributed by atoms with Gasteiger partial charge in [0.1, 0.15) is 11.4 Å². The molecule has 104 valence electrons. The zero-order chi connectivity index (χ0) is 14.9. The van der Waals surface area contributed by atoms with Crippen LogP contribution in [0.1, 0.15) is 15.9 Å². The van der Waals surface area contributed by atoms with Crippen molar-refractivity contribution in [3.63, 3.8) is 0 Å². The van der Waals surface area contributed by atoms with Crippen molar-refractivity contribution < 1.29 is 18.7 Å². The third-order valence-corrected chi connectivity index (χ3v) is 3.17. The fraction of sp³-hybridized carbons (Fsp3) is 0.0714. The molecule has 0 fully saturated rings. The number of aryl methyl sites for hydroxylation is 1. The van der Waals surface area contributed by atoms with Crippen molar-refractivity contribution in [2.75, 3.05) is 5.32 Å². The number of carbonyl (C=O) groups excluding carboxylic acids is 1. The van der Waals surface area contributed by atoms with E-state index in [2.05, 4.69) is 21.2 Å². The summed E-state index contributed by atoms with van der Waals surface area (Å²) in [6, 6.07) is 6.33. The van der Waals surface area contributed by atoms with Crippen LogP contribution in [0.2, 0.25) is 0 Å². The molecule has 1 amide bonds. The quantitative estimate of drug-likeness (QED) is 0.867. The maximum absolute atomic E-state index is 13.6. The van der Waals surface area contributed by atoms with E-state index < -0.39 is 23.2 Å². The molecular formula is C14H10BrF2NO2. The van der Waals surface area contributed by atoms with Gasteiger partial charge in [0, 0.05) is 10.0 Å². The maximum atomic E-state index is 13.6. The van der Waals surface area contributed by atoms with Gasteiger partial charge in [0.15, 0.2) is 11.6 Å². The van der Waals surface area contributed by atoms with Crippen LogP contribution in [0.4, 0.5) is 14.5 Å². The molecule has 0 aliphatic rings. The van der Waals surface area contributed by atoms with Crippen molar-refractivity contribution in [2.24, 2.45) is 0 Å². The molecular weight excluding hydrogens is 332 g/mol. The summed E-state index contributed by atoms with van der Waals surface area (Å²) in [5.41, 5.74) is 0.177. The molecule has 0 bridgehead atoms. The molecule has 0 heterocycles. The van der Waals surface area contributed by atoms with E-state index in [4.69, 9.17) is 0 Å². The predicted molar refractivity (Wildman–Crippen MR) is 74.9 cm³/mol. The van der Waals surface area contributed by atoms with E-state index in [9.17, 15) is 18.7 Å². The summed E-state index contributed by atoms with van der Waals surface area (Å²) in [6.07, 6.45) is 0. The lowest BCUT2D eigenvalue weighted by Crippen LogP contribution is -2.14. The van der Waals surface area contributed by atoms with E-state index in [0.717, 1.165) is 12.1 Å². The lowest BCUT2D eigenvalue weighted by atomic mass is 10.1. The van der Waals surface area contributed by atoms with Crippen LogP contribution in [-0.2, 0) is 0 Å². The van der Waals surface area contributed by atoms with Gasteiger partial charge in [-0.3, -0.25) is 4.79 Å². The minimum absolute atomic E-state index is 0.0607. The molecule has 0 saturated heterocycles. The predicted octanol–water partition coefficient (Wildman–Crippen LogP) is 3.99. The third-order valence-electron chi connectivity index (χ3n) is 2.72. The normalized spacial score (nSPS) is 10.4. The smallest absolute Gasteiger partial charge is 0.255 e. The number of carbonyl (C=O) groups is 1. The van der Waals surface area contributed by atoms with Crippen molar-refractivity contribution in [2.45, 2.75) is 6.92 Å². The van der Waals surface area contributed by atoms with Crippen LogP contribution in [0.3, 0.4) is 0 Å². The van der Waals surface area contributed by atoms with Crippen LogP contribution in [0.5, 0.6) is 5.75 Å². The van der Waals surface area contributed by atoms with E-state index >= 15 is 0 Å². The average molecular weight is 342 g/mol. The maximum Gasteiger partial charge on any atom is 0.255 e. The van der Waals surface area contributed by atoms with E-state index in [1.807, 2.05) is 0 Å². The second-order valence-corrected chi connectivity index (χ2v) is 5.12. The summed E-state index contributed by atoms with van der Waals surface area (Å²) in [4.78, 5) is 11.9. The summed E-state index contributed by atoms with van der Waals surface area (Å²) in [5.74, 6) is -2.54. The minimum atomic E-state index is -0.887. The topological polar surface area (TPSA) is 49.3 Å². The van der Waals surface area contributed by atoms with Crippen molar-refractivity contribution in [1.29, 1.82) is 0 Å². The van der Waals surface area contributed by atoms with Crippen LogP contribution < -0.4 is 5.32 Å². The highest BCUT2D eigenvalue weighted by molar-refractivity contribution is 9.10. The standard InChI is InChI=1S/C14H10BrF2NO2/c1-7-2-3-8(4-12(7)19)14(20)18-13-10(16)5-9(15)6-11(13)17/h2-6,19H,1H3,(H,18,20). The molecule has 3 nitrogen and oxygen atoms in total. The van der Waals surface area contributed by atoms with Gasteiger partial charge in [-0.1, -0.05) is 22.0 Å². The van der Waals surface area contributed by atoms with Crippen LogP contribution >= 0.6 is 15.9 Å². The summed E-state index contributed by atoms with van der Waals surface area (Å²) >= 11 is 2.95. The van der Waals surface area contributed by atoms with Crippen LogP contribution in [0, 0.1) is 18.6 Å². The fourth-order valence-corrected chi connectivity index (χ4v) is 2.00. The van der Waals surface area contributed by atoms with Crippen molar-refractivity contribution in [1.82, 2.24) is 0 Å². The van der Waals surface area contributed by atoms with Crippen LogP contribution in [0.25, 0.3) is 0 Å². The molecule has 2 aromatic carbocycles. The Morgan fingerprint density at radius 1 is 1.20 bits per heavy atom. The van der Waals surface area contributed by atoms with Gasteiger partial charge in [-0.05, 0) is 36.8 Å². The Bertz CT molecular complexity index is 666. The summed E-state index contributed by atoms with van der Waals surface area (Å²) < 4.78 is 27.4. The van der Waals surface area contributed by atoms with Gasteiger partial charge in [0.05, 0.1) is 0 Å². The lowest BCUT2D eigenvalue weighted by Gasteiger charge is -2.09. The molecule has 0 unspecified atom stereocenters. The van der Waals surface area contributed by atoms with Gasteiger partial charge < -0.3 is 10.4 Å². The summed E-state index contributed by atoms with van der Waals surface area (Å²) in [6.45, 7) is 1.67. The number of phenolic OH excluding ortho intramolecular Hbond substituents is 1. The zero-order valence-corrected chi connectivity index (χ0v) is 12.0. The van der Waals surface area contributed by atoms with Gasteiger partial charge in [0.2, 0.25) is 0 Å².